The van der Waals surface area contributed by atoms with Crippen LogP contribution < -0.4 is 14.4 Å². The summed E-state index contributed by atoms with van der Waals surface area (Å²) in [6, 6.07) is 18.6. The van der Waals surface area contributed by atoms with Crippen LogP contribution in [0.25, 0.3) is 0 Å². The van der Waals surface area contributed by atoms with Gasteiger partial charge in [-0.05, 0) is 48.4 Å². The maximum absolute atomic E-state index is 13.1. The lowest BCUT2D eigenvalue weighted by molar-refractivity contribution is 0.0989. The third-order valence-electron chi connectivity index (χ3n) is 4.95. The monoisotopic (exact) mass is 442 g/mol. The van der Waals surface area contributed by atoms with Crippen molar-refractivity contribution >= 4 is 38.9 Å². The maximum atomic E-state index is 13.1. The van der Waals surface area contributed by atoms with Gasteiger partial charge in [0, 0.05) is 17.8 Å². The van der Waals surface area contributed by atoms with Crippen molar-refractivity contribution < 1.29 is 17.9 Å². The average molecular weight is 443 g/mol. The van der Waals surface area contributed by atoms with E-state index >= 15 is 0 Å². The van der Waals surface area contributed by atoms with Gasteiger partial charge in [0.2, 0.25) is 0 Å². The summed E-state index contributed by atoms with van der Waals surface area (Å²) in [6.45, 7) is 0.544. The van der Waals surface area contributed by atoms with Gasteiger partial charge >= 0.3 is 0 Å². The van der Waals surface area contributed by atoms with Crippen LogP contribution >= 0.6 is 11.6 Å². The Morgan fingerprint density at radius 3 is 2.60 bits per heavy atom. The lowest BCUT2D eigenvalue weighted by atomic mass is 10.1. The SMILES string of the molecule is COc1ccccc1NS(=O)(=O)c1cc(C(=O)N2CCc3ccccc32)ccc1Cl. The van der Waals surface area contributed by atoms with Crippen LogP contribution in [0.4, 0.5) is 11.4 Å². The zero-order chi connectivity index (χ0) is 21.3. The number of carbonyl (C=O) groups excluding carboxylic acids is 1. The lowest BCUT2D eigenvalue weighted by Crippen LogP contribution is -2.29. The van der Waals surface area contributed by atoms with E-state index in [-0.39, 0.29) is 27.1 Å². The van der Waals surface area contributed by atoms with Gasteiger partial charge in [0.1, 0.15) is 10.6 Å². The van der Waals surface area contributed by atoms with Crippen molar-refractivity contribution in [2.24, 2.45) is 0 Å². The fourth-order valence-corrected chi connectivity index (χ4v) is 5.07. The molecule has 30 heavy (non-hydrogen) atoms. The van der Waals surface area contributed by atoms with E-state index in [0.717, 1.165) is 17.7 Å². The molecule has 0 spiro atoms. The van der Waals surface area contributed by atoms with Crippen molar-refractivity contribution in [2.45, 2.75) is 11.3 Å². The van der Waals surface area contributed by atoms with Gasteiger partial charge in [-0.25, -0.2) is 8.42 Å². The molecule has 0 unspecified atom stereocenters. The number of sulfonamides is 1. The van der Waals surface area contributed by atoms with E-state index in [1.165, 1.54) is 25.3 Å². The van der Waals surface area contributed by atoms with E-state index in [1.54, 1.807) is 29.2 Å². The number of anilines is 2. The number of carbonyl (C=O) groups is 1. The first-order valence-corrected chi connectivity index (χ1v) is 11.1. The number of para-hydroxylation sites is 3. The van der Waals surface area contributed by atoms with E-state index < -0.39 is 10.0 Å². The highest BCUT2D eigenvalue weighted by Crippen LogP contribution is 2.32. The van der Waals surface area contributed by atoms with Gasteiger partial charge in [-0.1, -0.05) is 41.9 Å². The van der Waals surface area contributed by atoms with Crippen molar-refractivity contribution in [3.05, 3.63) is 82.9 Å². The summed E-state index contributed by atoms with van der Waals surface area (Å²) in [6.07, 6.45) is 0.760. The molecule has 1 N–H and O–H groups in total. The number of hydrogen-bond donors (Lipinski definition) is 1. The molecule has 4 rings (SSSR count). The molecule has 8 heteroatoms. The zero-order valence-electron chi connectivity index (χ0n) is 16.1. The minimum absolute atomic E-state index is 0.0239. The van der Waals surface area contributed by atoms with Crippen LogP contribution in [0.3, 0.4) is 0 Å². The van der Waals surface area contributed by atoms with Crippen LogP contribution in [-0.2, 0) is 16.4 Å². The Bertz CT molecular complexity index is 1230. The highest BCUT2D eigenvalue weighted by atomic mass is 35.5. The van der Waals surface area contributed by atoms with Gasteiger partial charge in [-0.15, -0.1) is 0 Å². The fraction of sp³-hybridized carbons (Fsp3) is 0.136. The Morgan fingerprint density at radius 1 is 1.07 bits per heavy atom. The normalized spacial score (nSPS) is 13.1. The summed E-state index contributed by atoms with van der Waals surface area (Å²) in [7, 11) is -2.60. The van der Waals surface area contributed by atoms with E-state index in [0.29, 0.717) is 12.3 Å². The van der Waals surface area contributed by atoms with Crippen LogP contribution in [-0.4, -0.2) is 28.0 Å². The van der Waals surface area contributed by atoms with Crippen molar-refractivity contribution in [2.75, 3.05) is 23.3 Å². The maximum Gasteiger partial charge on any atom is 0.263 e. The number of benzene rings is 3. The predicted octanol–water partition coefficient (Wildman–Crippen LogP) is 4.35. The first-order chi connectivity index (χ1) is 14.4. The fourth-order valence-electron chi connectivity index (χ4n) is 3.48. The average Bonchev–Trinajstić information content (AvgIpc) is 3.18. The highest BCUT2D eigenvalue weighted by Gasteiger charge is 2.27. The molecule has 6 nitrogen and oxygen atoms in total. The first-order valence-electron chi connectivity index (χ1n) is 9.26. The van der Waals surface area contributed by atoms with E-state index in [1.807, 2.05) is 24.3 Å². The minimum atomic E-state index is -4.05. The zero-order valence-corrected chi connectivity index (χ0v) is 17.7. The van der Waals surface area contributed by atoms with Crippen LogP contribution in [0.1, 0.15) is 15.9 Å². The predicted molar refractivity (Wildman–Crippen MR) is 117 cm³/mol. The first kappa shape index (κ1) is 20.3. The van der Waals surface area contributed by atoms with Crippen molar-refractivity contribution in [1.29, 1.82) is 0 Å². The number of methoxy groups -OCH3 is 1. The molecule has 0 aliphatic carbocycles. The second kappa shape index (κ2) is 8.01. The molecule has 1 amide bonds. The van der Waals surface area contributed by atoms with Gasteiger partial charge in [0.05, 0.1) is 17.8 Å². The third-order valence-corrected chi connectivity index (χ3v) is 6.80. The third kappa shape index (κ3) is 3.74. The molecular formula is C22H19ClN2O4S. The molecule has 154 valence electrons. The van der Waals surface area contributed by atoms with Gasteiger partial charge in [-0.2, -0.15) is 0 Å². The summed E-state index contributed by atoms with van der Waals surface area (Å²) < 4.78 is 33.7. The number of rotatable bonds is 5. The highest BCUT2D eigenvalue weighted by molar-refractivity contribution is 7.92. The van der Waals surface area contributed by atoms with E-state index in [4.69, 9.17) is 16.3 Å². The Balaban J connectivity index is 1.67. The molecule has 0 fully saturated rings. The molecule has 1 aliphatic heterocycles. The number of fused-ring (bicyclic) bond motifs is 1. The van der Waals surface area contributed by atoms with Gasteiger partial charge in [-0.3, -0.25) is 9.52 Å². The Hall–Kier alpha value is -3.03. The summed E-state index contributed by atoms with van der Waals surface area (Å²) >= 11 is 6.19. The Kier molecular flexibility index (Phi) is 5.40. The Labute approximate surface area is 180 Å². The topological polar surface area (TPSA) is 75.7 Å². The van der Waals surface area contributed by atoms with Gasteiger partial charge in [0.15, 0.2) is 0 Å². The molecule has 0 atom stereocenters. The number of hydrogen-bond acceptors (Lipinski definition) is 4. The lowest BCUT2D eigenvalue weighted by Gasteiger charge is -2.18. The smallest absolute Gasteiger partial charge is 0.263 e. The molecule has 0 saturated carbocycles. The summed E-state index contributed by atoms with van der Waals surface area (Å²) in [5.74, 6) is 0.100. The second-order valence-corrected chi connectivity index (χ2v) is 8.84. The van der Waals surface area contributed by atoms with E-state index in [9.17, 15) is 13.2 Å². The molecule has 0 radical (unpaired) electrons. The van der Waals surface area contributed by atoms with Gasteiger partial charge < -0.3 is 9.64 Å². The standard InChI is InChI=1S/C22H19ClN2O4S/c1-29-20-9-5-3-7-18(20)24-30(27,28)21-14-16(10-11-17(21)23)22(26)25-13-12-15-6-2-4-8-19(15)25/h2-11,14,24H,12-13H2,1H3. The largest absolute Gasteiger partial charge is 0.495 e. The summed E-state index contributed by atoms with van der Waals surface area (Å²) in [5, 5.41) is 0.0239. The van der Waals surface area contributed by atoms with Crippen LogP contribution in [0.5, 0.6) is 5.75 Å². The van der Waals surface area contributed by atoms with Crippen molar-refractivity contribution in [3.8, 4) is 5.75 Å². The molecule has 0 bridgehead atoms. The number of ether oxygens (including phenoxy) is 1. The molecular weight excluding hydrogens is 424 g/mol. The Morgan fingerprint density at radius 2 is 1.80 bits per heavy atom. The molecule has 0 aromatic heterocycles. The number of nitrogens with zero attached hydrogens (tertiary/aromatic N) is 1. The number of amides is 1. The van der Waals surface area contributed by atoms with Crippen molar-refractivity contribution in [3.63, 3.8) is 0 Å². The summed E-state index contributed by atoms with van der Waals surface area (Å²) in [4.78, 5) is 14.6. The van der Waals surface area contributed by atoms with Crippen LogP contribution in [0, 0.1) is 0 Å². The number of nitrogens with one attached hydrogen (secondary N) is 1. The molecule has 3 aromatic rings. The quantitative estimate of drug-likeness (QED) is 0.637. The molecule has 1 heterocycles. The molecule has 3 aromatic carbocycles. The van der Waals surface area contributed by atoms with Gasteiger partial charge in [0.25, 0.3) is 15.9 Å². The molecule has 1 aliphatic rings. The van der Waals surface area contributed by atoms with Crippen molar-refractivity contribution in [1.82, 2.24) is 0 Å². The summed E-state index contributed by atoms with van der Waals surface area (Å²) in [5.41, 5.74) is 2.46. The number of halogens is 1. The van der Waals surface area contributed by atoms with Crippen LogP contribution in [0.2, 0.25) is 5.02 Å². The van der Waals surface area contributed by atoms with E-state index in [2.05, 4.69) is 4.72 Å². The van der Waals surface area contributed by atoms with Crippen LogP contribution in [0.15, 0.2) is 71.6 Å². The minimum Gasteiger partial charge on any atom is -0.495 e. The second-order valence-electron chi connectivity index (χ2n) is 6.79. The molecule has 0 saturated heterocycles.